The number of aromatic nitrogens is 3. The molecular weight excluding hydrogens is 428 g/mol. The molecule has 2 N–H and O–H groups in total. The lowest BCUT2D eigenvalue weighted by Gasteiger charge is -2.08. The van der Waals surface area contributed by atoms with E-state index in [9.17, 15) is 4.79 Å². The Morgan fingerprint density at radius 2 is 1.67 bits per heavy atom. The van der Waals surface area contributed by atoms with E-state index in [-0.39, 0.29) is 5.91 Å². The summed E-state index contributed by atoms with van der Waals surface area (Å²) >= 11 is 1.57. The average molecular weight is 453 g/mol. The Labute approximate surface area is 196 Å². The Hall–Kier alpha value is -3.77. The van der Waals surface area contributed by atoms with Gasteiger partial charge in [-0.1, -0.05) is 42.5 Å². The van der Waals surface area contributed by atoms with Gasteiger partial charge in [-0.25, -0.2) is 9.97 Å². The van der Waals surface area contributed by atoms with Crippen molar-refractivity contribution in [3.63, 3.8) is 0 Å². The lowest BCUT2D eigenvalue weighted by molar-refractivity contribution is -0.115. The summed E-state index contributed by atoms with van der Waals surface area (Å²) in [6.07, 6.45) is 0.345. The van der Waals surface area contributed by atoms with Crippen LogP contribution in [-0.4, -0.2) is 20.9 Å². The maximum Gasteiger partial charge on any atom is 0.229 e. The number of benzene rings is 3. The average Bonchev–Trinajstić information content (AvgIpc) is 3.38. The van der Waals surface area contributed by atoms with Gasteiger partial charge in [0.05, 0.1) is 28.2 Å². The molecule has 0 radical (unpaired) electrons. The summed E-state index contributed by atoms with van der Waals surface area (Å²) in [5.41, 5.74) is 8.13. The number of rotatable bonds is 5. The number of carbonyl (C=O) groups excluding carboxylic acids is 1. The Kier molecular flexibility index (Phi) is 5.52. The third-order valence-corrected chi connectivity index (χ3v) is 6.75. The summed E-state index contributed by atoms with van der Waals surface area (Å²) in [7, 11) is 0. The van der Waals surface area contributed by atoms with E-state index < -0.39 is 0 Å². The number of thiazole rings is 1. The van der Waals surface area contributed by atoms with Gasteiger partial charge in [-0.15, -0.1) is 11.3 Å². The molecule has 164 valence electrons. The first-order valence-electron chi connectivity index (χ1n) is 10.9. The fraction of sp³-hybridized carbons (Fsp3) is 0.148. The first-order valence-corrected chi connectivity index (χ1v) is 11.7. The number of aryl methyl sites for hydroxylation is 3. The normalized spacial score (nSPS) is 11.1. The largest absolute Gasteiger partial charge is 0.338 e. The van der Waals surface area contributed by atoms with Gasteiger partial charge in [0.15, 0.2) is 0 Å². The van der Waals surface area contributed by atoms with Crippen molar-refractivity contribution in [1.82, 2.24) is 15.0 Å². The molecule has 5 nitrogen and oxygen atoms in total. The number of fused-ring (bicyclic) bond motifs is 1. The van der Waals surface area contributed by atoms with Crippen LogP contribution in [-0.2, 0) is 11.2 Å². The van der Waals surface area contributed by atoms with E-state index in [1.165, 1.54) is 0 Å². The molecular formula is C27H24N4OS. The molecule has 0 saturated heterocycles. The topological polar surface area (TPSA) is 70.7 Å². The number of hydrogen-bond donors (Lipinski definition) is 2. The summed E-state index contributed by atoms with van der Waals surface area (Å²) in [5, 5.41) is 3.97. The van der Waals surface area contributed by atoms with E-state index >= 15 is 0 Å². The highest BCUT2D eigenvalue weighted by molar-refractivity contribution is 7.11. The molecule has 0 spiro atoms. The van der Waals surface area contributed by atoms with Crippen LogP contribution in [0.15, 0.2) is 66.7 Å². The third kappa shape index (κ3) is 4.43. The van der Waals surface area contributed by atoms with Crippen molar-refractivity contribution in [2.24, 2.45) is 0 Å². The predicted molar refractivity (Wildman–Crippen MR) is 136 cm³/mol. The molecule has 5 rings (SSSR count). The Bertz CT molecular complexity index is 1460. The molecule has 1 amide bonds. The monoisotopic (exact) mass is 452 g/mol. The summed E-state index contributed by atoms with van der Waals surface area (Å²) in [6.45, 7) is 5.98. The second-order valence-electron chi connectivity index (χ2n) is 8.18. The minimum Gasteiger partial charge on any atom is -0.338 e. The maximum atomic E-state index is 12.5. The van der Waals surface area contributed by atoms with E-state index in [0.29, 0.717) is 6.42 Å². The van der Waals surface area contributed by atoms with Crippen molar-refractivity contribution >= 4 is 34.0 Å². The van der Waals surface area contributed by atoms with Crippen LogP contribution in [0.1, 0.15) is 21.1 Å². The van der Waals surface area contributed by atoms with E-state index in [2.05, 4.69) is 46.5 Å². The van der Waals surface area contributed by atoms with E-state index in [0.717, 1.165) is 60.4 Å². The van der Waals surface area contributed by atoms with Crippen LogP contribution < -0.4 is 5.32 Å². The van der Waals surface area contributed by atoms with Crippen molar-refractivity contribution in [2.75, 3.05) is 5.32 Å². The molecule has 0 aliphatic heterocycles. The molecule has 0 fully saturated rings. The zero-order chi connectivity index (χ0) is 22.9. The Morgan fingerprint density at radius 1 is 0.909 bits per heavy atom. The first kappa shape index (κ1) is 21.1. The number of imidazole rings is 1. The molecule has 33 heavy (non-hydrogen) atoms. The molecule has 0 aliphatic rings. The molecule has 0 aliphatic carbocycles. The molecule has 0 unspecified atom stereocenters. The number of anilines is 1. The second-order valence-corrected chi connectivity index (χ2v) is 9.47. The SMILES string of the molecule is Cc1nc(C)c(CC(=O)Nc2ccc(-c3cccc(-c4nc5c(C)cccc5[nH]4)c3)cc2)s1. The number of carbonyl (C=O) groups is 1. The van der Waals surface area contributed by atoms with E-state index in [4.69, 9.17) is 4.98 Å². The number of aromatic amines is 1. The van der Waals surface area contributed by atoms with Crippen molar-refractivity contribution in [3.8, 4) is 22.5 Å². The van der Waals surface area contributed by atoms with Crippen molar-refractivity contribution < 1.29 is 4.79 Å². The van der Waals surface area contributed by atoms with Crippen LogP contribution in [0, 0.1) is 20.8 Å². The van der Waals surface area contributed by atoms with Gasteiger partial charge < -0.3 is 10.3 Å². The number of H-pyrrole nitrogens is 1. The van der Waals surface area contributed by atoms with Crippen molar-refractivity contribution in [1.29, 1.82) is 0 Å². The highest BCUT2D eigenvalue weighted by Gasteiger charge is 2.11. The Morgan fingerprint density at radius 3 is 2.39 bits per heavy atom. The van der Waals surface area contributed by atoms with Gasteiger partial charge in [-0.05, 0) is 61.7 Å². The zero-order valence-electron chi connectivity index (χ0n) is 18.8. The number of nitrogens with one attached hydrogen (secondary N) is 2. The van der Waals surface area contributed by atoms with Gasteiger partial charge in [0.1, 0.15) is 5.82 Å². The molecule has 3 aromatic carbocycles. The lowest BCUT2D eigenvalue weighted by atomic mass is 10.0. The molecule has 2 aromatic heterocycles. The van der Waals surface area contributed by atoms with E-state index in [1.54, 1.807) is 11.3 Å². The zero-order valence-corrected chi connectivity index (χ0v) is 19.6. The number of para-hydroxylation sites is 1. The van der Waals surface area contributed by atoms with Gasteiger partial charge in [0.25, 0.3) is 0 Å². The number of hydrogen-bond acceptors (Lipinski definition) is 4. The summed E-state index contributed by atoms with van der Waals surface area (Å²) in [6, 6.07) is 22.4. The molecule has 0 saturated carbocycles. The second kappa shape index (κ2) is 8.64. The summed E-state index contributed by atoms with van der Waals surface area (Å²) < 4.78 is 0. The standard InChI is InChI=1S/C27H24N4OS/c1-16-6-4-9-23-26(16)31-27(30-23)21-8-5-7-20(14-21)19-10-12-22(13-11-19)29-25(32)15-24-17(2)28-18(3)33-24/h4-14H,15H2,1-3H3,(H,29,32)(H,30,31). The number of amides is 1. The molecule has 5 aromatic rings. The highest BCUT2D eigenvalue weighted by atomic mass is 32.1. The van der Waals surface area contributed by atoms with Gasteiger partial charge >= 0.3 is 0 Å². The van der Waals surface area contributed by atoms with Crippen LogP contribution in [0.2, 0.25) is 0 Å². The van der Waals surface area contributed by atoms with Crippen LogP contribution >= 0.6 is 11.3 Å². The Balaban J connectivity index is 1.33. The van der Waals surface area contributed by atoms with E-state index in [1.807, 2.05) is 56.3 Å². The van der Waals surface area contributed by atoms with Gasteiger partial charge in [0, 0.05) is 16.1 Å². The molecule has 6 heteroatoms. The fourth-order valence-electron chi connectivity index (χ4n) is 3.99. The molecule has 2 heterocycles. The fourth-order valence-corrected chi connectivity index (χ4v) is 4.93. The first-order chi connectivity index (χ1) is 16.0. The summed E-state index contributed by atoms with van der Waals surface area (Å²) in [5.74, 6) is 0.829. The molecule has 0 bridgehead atoms. The van der Waals surface area contributed by atoms with Gasteiger partial charge in [0.2, 0.25) is 5.91 Å². The third-order valence-electron chi connectivity index (χ3n) is 5.67. The quantitative estimate of drug-likeness (QED) is 0.321. The van der Waals surface area contributed by atoms with Crippen molar-refractivity contribution in [3.05, 3.63) is 87.9 Å². The van der Waals surface area contributed by atoms with Gasteiger partial charge in [-0.3, -0.25) is 4.79 Å². The van der Waals surface area contributed by atoms with Gasteiger partial charge in [-0.2, -0.15) is 0 Å². The minimum absolute atomic E-state index is 0.0309. The maximum absolute atomic E-state index is 12.5. The smallest absolute Gasteiger partial charge is 0.229 e. The minimum atomic E-state index is -0.0309. The van der Waals surface area contributed by atoms with Crippen LogP contribution in [0.5, 0.6) is 0 Å². The number of nitrogens with zero attached hydrogens (tertiary/aromatic N) is 2. The predicted octanol–water partition coefficient (Wildman–Crippen LogP) is 6.46. The highest BCUT2D eigenvalue weighted by Crippen LogP contribution is 2.28. The van der Waals surface area contributed by atoms with Crippen LogP contribution in [0.4, 0.5) is 5.69 Å². The van der Waals surface area contributed by atoms with Crippen LogP contribution in [0.3, 0.4) is 0 Å². The molecule has 0 atom stereocenters. The van der Waals surface area contributed by atoms with Crippen LogP contribution in [0.25, 0.3) is 33.5 Å². The summed E-state index contributed by atoms with van der Waals surface area (Å²) in [4.78, 5) is 26.1. The van der Waals surface area contributed by atoms with Crippen molar-refractivity contribution in [2.45, 2.75) is 27.2 Å². The lowest BCUT2D eigenvalue weighted by Crippen LogP contribution is -2.14.